The zero-order valence-corrected chi connectivity index (χ0v) is 18.4. The van der Waals surface area contributed by atoms with Gasteiger partial charge < -0.3 is 24.1 Å². The van der Waals surface area contributed by atoms with E-state index in [1.807, 2.05) is 24.3 Å². The van der Waals surface area contributed by atoms with Crippen LogP contribution in [0, 0.1) is 0 Å². The molecule has 2 aliphatic heterocycles. The van der Waals surface area contributed by atoms with Crippen molar-refractivity contribution in [3.8, 4) is 11.5 Å². The molecule has 7 heteroatoms. The van der Waals surface area contributed by atoms with Crippen molar-refractivity contribution >= 4 is 22.6 Å². The van der Waals surface area contributed by atoms with E-state index in [4.69, 9.17) is 14.2 Å². The summed E-state index contributed by atoms with van der Waals surface area (Å²) in [6, 6.07) is 12.0. The van der Waals surface area contributed by atoms with Crippen LogP contribution in [0.15, 0.2) is 42.6 Å². The second-order valence-corrected chi connectivity index (χ2v) is 8.33. The Bertz CT molecular complexity index is 1100. The van der Waals surface area contributed by atoms with Gasteiger partial charge in [-0.05, 0) is 49.2 Å². The predicted octanol–water partition coefficient (Wildman–Crippen LogP) is 3.48. The van der Waals surface area contributed by atoms with Gasteiger partial charge in [-0.1, -0.05) is 6.07 Å². The van der Waals surface area contributed by atoms with Gasteiger partial charge in [0.25, 0.3) is 0 Å². The highest BCUT2D eigenvalue weighted by Crippen LogP contribution is 2.34. The van der Waals surface area contributed by atoms with E-state index in [9.17, 15) is 4.79 Å². The van der Waals surface area contributed by atoms with Crippen molar-refractivity contribution in [2.45, 2.75) is 12.8 Å². The summed E-state index contributed by atoms with van der Waals surface area (Å²) in [5.41, 5.74) is 4.06. The largest absolute Gasteiger partial charge is 0.486 e. The summed E-state index contributed by atoms with van der Waals surface area (Å²) in [5.74, 6) is 1.39. The fourth-order valence-electron chi connectivity index (χ4n) is 4.59. The van der Waals surface area contributed by atoms with Crippen molar-refractivity contribution in [2.24, 2.45) is 0 Å². The number of benzene rings is 2. The van der Waals surface area contributed by atoms with Crippen LogP contribution in [0.3, 0.4) is 0 Å². The molecule has 1 saturated heterocycles. The maximum Gasteiger partial charge on any atom is 0.337 e. The number of carbonyl (C=O) groups excluding carboxylic acids is 1. The Morgan fingerprint density at radius 1 is 1.03 bits per heavy atom. The molecular formula is C25H29N3O4. The van der Waals surface area contributed by atoms with E-state index in [0.29, 0.717) is 18.8 Å². The molecule has 168 valence electrons. The van der Waals surface area contributed by atoms with E-state index < -0.39 is 0 Å². The van der Waals surface area contributed by atoms with Crippen LogP contribution in [0.2, 0.25) is 0 Å². The lowest BCUT2D eigenvalue weighted by Crippen LogP contribution is -2.46. The number of methoxy groups -OCH3 is 1. The van der Waals surface area contributed by atoms with Gasteiger partial charge in [-0.15, -0.1) is 0 Å². The Kier molecular flexibility index (Phi) is 5.90. The van der Waals surface area contributed by atoms with Gasteiger partial charge >= 0.3 is 5.97 Å². The lowest BCUT2D eigenvalue weighted by atomic mass is 10.1. The number of ether oxygens (including phenoxy) is 3. The fraction of sp³-hybridized carbons (Fsp3) is 0.400. The third-order valence-corrected chi connectivity index (χ3v) is 6.37. The highest BCUT2D eigenvalue weighted by Gasteiger charge is 2.20. The van der Waals surface area contributed by atoms with Gasteiger partial charge in [0.05, 0.1) is 12.7 Å². The molecule has 0 unspecified atom stereocenters. The Morgan fingerprint density at radius 2 is 1.84 bits per heavy atom. The molecule has 1 N–H and O–H groups in total. The van der Waals surface area contributed by atoms with Crippen molar-refractivity contribution < 1.29 is 19.0 Å². The first-order chi connectivity index (χ1) is 15.7. The van der Waals surface area contributed by atoms with Gasteiger partial charge in [0.2, 0.25) is 0 Å². The SMILES string of the molecule is COC(=O)c1ccc2c(CCCN3CCN(c4ccc5c(c4)OCCO5)CC3)c[nH]c2c1. The molecule has 0 bridgehead atoms. The average molecular weight is 436 g/mol. The quantitative estimate of drug-likeness (QED) is 0.598. The molecule has 3 heterocycles. The van der Waals surface area contributed by atoms with Crippen molar-refractivity contribution in [3.63, 3.8) is 0 Å². The number of carbonyl (C=O) groups is 1. The molecule has 3 aromatic rings. The molecule has 0 radical (unpaired) electrons. The molecule has 32 heavy (non-hydrogen) atoms. The molecule has 0 saturated carbocycles. The molecule has 5 rings (SSSR count). The third kappa shape index (κ3) is 4.25. The van der Waals surface area contributed by atoms with Gasteiger partial charge in [-0.2, -0.15) is 0 Å². The number of fused-ring (bicyclic) bond motifs is 2. The Morgan fingerprint density at radius 3 is 2.66 bits per heavy atom. The normalized spacial score (nSPS) is 16.3. The van der Waals surface area contributed by atoms with E-state index in [-0.39, 0.29) is 5.97 Å². The number of nitrogens with one attached hydrogen (secondary N) is 1. The van der Waals surface area contributed by atoms with Crippen molar-refractivity contribution in [3.05, 3.63) is 53.7 Å². The van der Waals surface area contributed by atoms with Crippen LogP contribution in [-0.4, -0.2) is 68.9 Å². The standard InChI is InChI=1S/C25H29N3O4/c1-30-25(29)18-4-6-21-19(17-26-22(21)15-18)3-2-8-27-9-11-28(12-10-27)20-5-7-23-24(16-20)32-14-13-31-23/h4-7,15-17,26H,2-3,8-14H2,1H3. The molecule has 1 fully saturated rings. The maximum atomic E-state index is 11.7. The van der Waals surface area contributed by atoms with Gasteiger partial charge in [0, 0.05) is 55.0 Å². The fourth-order valence-corrected chi connectivity index (χ4v) is 4.59. The van der Waals surface area contributed by atoms with Gasteiger partial charge in [0.15, 0.2) is 11.5 Å². The Hall–Kier alpha value is -3.19. The van der Waals surface area contributed by atoms with Crippen molar-refractivity contribution in [1.29, 1.82) is 0 Å². The zero-order valence-electron chi connectivity index (χ0n) is 18.4. The average Bonchev–Trinajstić information content (AvgIpc) is 3.26. The minimum absolute atomic E-state index is 0.307. The minimum atomic E-state index is -0.307. The topological polar surface area (TPSA) is 67.0 Å². The number of hydrogen-bond acceptors (Lipinski definition) is 6. The predicted molar refractivity (Wildman–Crippen MR) is 124 cm³/mol. The minimum Gasteiger partial charge on any atom is -0.486 e. The number of hydrogen-bond donors (Lipinski definition) is 1. The van der Waals surface area contributed by atoms with Gasteiger partial charge in [-0.3, -0.25) is 4.90 Å². The first kappa shape index (κ1) is 20.7. The number of H-pyrrole nitrogens is 1. The molecule has 0 atom stereocenters. The second kappa shape index (κ2) is 9.12. The van der Waals surface area contributed by atoms with Gasteiger partial charge in [-0.25, -0.2) is 4.79 Å². The number of anilines is 1. The number of nitrogens with zero attached hydrogens (tertiary/aromatic N) is 2. The van der Waals surface area contributed by atoms with E-state index in [1.54, 1.807) is 0 Å². The smallest absolute Gasteiger partial charge is 0.337 e. The van der Waals surface area contributed by atoms with Crippen molar-refractivity contribution in [1.82, 2.24) is 9.88 Å². The summed E-state index contributed by atoms with van der Waals surface area (Å²) in [5, 5.41) is 1.18. The van der Waals surface area contributed by atoms with Crippen LogP contribution >= 0.6 is 0 Å². The number of aromatic amines is 1. The zero-order chi connectivity index (χ0) is 21.9. The van der Waals surface area contributed by atoms with Crippen LogP contribution < -0.4 is 14.4 Å². The van der Waals surface area contributed by atoms with Crippen LogP contribution in [0.1, 0.15) is 22.3 Å². The van der Waals surface area contributed by atoms with E-state index in [1.165, 1.54) is 23.7 Å². The maximum absolute atomic E-state index is 11.7. The third-order valence-electron chi connectivity index (χ3n) is 6.37. The number of piperazine rings is 1. The van der Waals surface area contributed by atoms with Crippen molar-refractivity contribution in [2.75, 3.05) is 57.9 Å². The summed E-state index contributed by atoms with van der Waals surface area (Å²) in [6.45, 7) is 6.48. The summed E-state index contributed by atoms with van der Waals surface area (Å²) < 4.78 is 16.2. The second-order valence-electron chi connectivity index (χ2n) is 8.33. The Labute approximate surface area is 187 Å². The lowest BCUT2D eigenvalue weighted by molar-refractivity contribution is 0.0601. The molecule has 2 aromatic carbocycles. The van der Waals surface area contributed by atoms with Crippen LogP contribution in [0.25, 0.3) is 10.9 Å². The van der Waals surface area contributed by atoms with Crippen LogP contribution in [0.5, 0.6) is 11.5 Å². The summed E-state index contributed by atoms with van der Waals surface area (Å²) in [7, 11) is 1.41. The Balaban J connectivity index is 1.12. The van der Waals surface area contributed by atoms with Crippen LogP contribution in [0.4, 0.5) is 5.69 Å². The van der Waals surface area contributed by atoms with E-state index in [2.05, 4.69) is 33.1 Å². The molecule has 0 spiro atoms. The first-order valence-electron chi connectivity index (χ1n) is 11.3. The number of aromatic nitrogens is 1. The summed E-state index contributed by atoms with van der Waals surface area (Å²) >= 11 is 0. The lowest BCUT2D eigenvalue weighted by Gasteiger charge is -2.36. The summed E-state index contributed by atoms with van der Waals surface area (Å²) in [6.07, 6.45) is 4.18. The monoisotopic (exact) mass is 435 g/mol. The summed E-state index contributed by atoms with van der Waals surface area (Å²) in [4.78, 5) is 20.0. The number of rotatable bonds is 6. The molecular weight excluding hydrogens is 406 g/mol. The highest BCUT2D eigenvalue weighted by molar-refractivity contribution is 5.95. The van der Waals surface area contributed by atoms with Crippen LogP contribution in [-0.2, 0) is 11.2 Å². The number of aryl methyl sites for hydroxylation is 1. The van der Waals surface area contributed by atoms with Gasteiger partial charge in [0.1, 0.15) is 13.2 Å². The highest BCUT2D eigenvalue weighted by atomic mass is 16.6. The molecule has 2 aliphatic rings. The number of esters is 1. The molecule has 0 aliphatic carbocycles. The molecule has 7 nitrogen and oxygen atoms in total. The molecule has 0 amide bonds. The first-order valence-corrected chi connectivity index (χ1v) is 11.3. The molecule has 1 aromatic heterocycles. The van der Waals surface area contributed by atoms with E-state index in [0.717, 1.165) is 62.6 Å². The van der Waals surface area contributed by atoms with E-state index >= 15 is 0 Å².